The highest BCUT2D eigenvalue weighted by molar-refractivity contribution is 7.92. The first-order valence-corrected chi connectivity index (χ1v) is 9.60. The molecule has 1 N–H and O–H groups in total. The van der Waals surface area contributed by atoms with Crippen LogP contribution in [0.1, 0.15) is 21.5 Å². The second-order valence-corrected chi connectivity index (χ2v) is 8.69. The molecule has 4 nitrogen and oxygen atoms in total. The number of sulfone groups is 1. The lowest BCUT2D eigenvalue weighted by atomic mass is 10.1. The Kier molecular flexibility index (Phi) is 5.91. The third-order valence-corrected chi connectivity index (χ3v) is 6.29. The number of benzene rings is 2. The second kappa shape index (κ2) is 7.55. The van der Waals surface area contributed by atoms with Gasteiger partial charge in [0.1, 0.15) is 4.84 Å². The minimum absolute atomic E-state index is 0.0496. The van der Waals surface area contributed by atoms with Gasteiger partial charge in [-0.15, -0.1) is 23.2 Å². The van der Waals surface area contributed by atoms with Crippen molar-refractivity contribution in [3.63, 3.8) is 0 Å². The van der Waals surface area contributed by atoms with Gasteiger partial charge in [-0.2, -0.15) is 0 Å². The summed E-state index contributed by atoms with van der Waals surface area (Å²) < 4.78 is 25.4. The number of hydrogen-bond acceptors (Lipinski definition) is 3. The van der Waals surface area contributed by atoms with Crippen molar-refractivity contribution in [1.82, 2.24) is 5.32 Å². The SMILES string of the molecule is Cc1ccc(C(=O)N[C@@H](C(Cl)Cl)S(=O)(=O)c2ccc(C)cc2)cc1. The van der Waals surface area contributed by atoms with Crippen LogP contribution >= 0.6 is 23.2 Å². The molecule has 2 rings (SSSR count). The van der Waals surface area contributed by atoms with Crippen molar-refractivity contribution in [3.8, 4) is 0 Å². The van der Waals surface area contributed by atoms with Crippen molar-refractivity contribution in [2.45, 2.75) is 29.0 Å². The fourth-order valence-electron chi connectivity index (χ4n) is 2.07. The van der Waals surface area contributed by atoms with Gasteiger partial charge in [0, 0.05) is 5.56 Å². The molecule has 0 bridgehead atoms. The van der Waals surface area contributed by atoms with Crippen molar-refractivity contribution in [2.75, 3.05) is 0 Å². The van der Waals surface area contributed by atoms with Gasteiger partial charge in [0.2, 0.25) is 9.84 Å². The molecule has 7 heteroatoms. The van der Waals surface area contributed by atoms with Gasteiger partial charge in [0.05, 0.1) is 4.90 Å². The lowest BCUT2D eigenvalue weighted by Gasteiger charge is -2.20. The number of rotatable bonds is 5. The molecule has 2 aromatic carbocycles. The van der Waals surface area contributed by atoms with Gasteiger partial charge in [-0.1, -0.05) is 35.4 Å². The summed E-state index contributed by atoms with van der Waals surface area (Å²) in [6, 6.07) is 13.0. The predicted molar refractivity (Wildman–Crippen MR) is 96.3 cm³/mol. The van der Waals surface area contributed by atoms with Gasteiger partial charge in [-0.05, 0) is 38.1 Å². The molecule has 1 atom stereocenters. The van der Waals surface area contributed by atoms with Crippen LogP contribution in [-0.2, 0) is 9.84 Å². The molecule has 0 heterocycles. The molecule has 0 saturated heterocycles. The molecule has 0 aliphatic heterocycles. The number of hydrogen-bond donors (Lipinski definition) is 1. The molecule has 0 radical (unpaired) electrons. The summed E-state index contributed by atoms with van der Waals surface area (Å²) in [6.45, 7) is 3.73. The van der Waals surface area contributed by atoms with E-state index in [2.05, 4.69) is 5.32 Å². The maximum absolute atomic E-state index is 12.7. The number of halogens is 2. The van der Waals surface area contributed by atoms with E-state index in [-0.39, 0.29) is 4.90 Å². The zero-order chi connectivity index (χ0) is 17.9. The summed E-state index contributed by atoms with van der Waals surface area (Å²) in [5.41, 5.74) is 2.24. The number of amides is 1. The van der Waals surface area contributed by atoms with Crippen LogP contribution in [0.25, 0.3) is 0 Å². The molecule has 0 aliphatic carbocycles. The van der Waals surface area contributed by atoms with Gasteiger partial charge in [-0.25, -0.2) is 8.42 Å². The molecule has 1 amide bonds. The Morgan fingerprint density at radius 1 is 0.917 bits per heavy atom. The molecule has 0 aliphatic rings. The van der Waals surface area contributed by atoms with Crippen LogP contribution in [0.2, 0.25) is 0 Å². The van der Waals surface area contributed by atoms with Crippen molar-refractivity contribution < 1.29 is 13.2 Å². The Labute approximate surface area is 151 Å². The first kappa shape index (κ1) is 18.8. The number of nitrogens with one attached hydrogen (secondary N) is 1. The van der Waals surface area contributed by atoms with Gasteiger partial charge < -0.3 is 5.32 Å². The van der Waals surface area contributed by atoms with Crippen LogP contribution in [0, 0.1) is 13.8 Å². The van der Waals surface area contributed by atoms with Gasteiger partial charge in [-0.3, -0.25) is 4.79 Å². The maximum Gasteiger partial charge on any atom is 0.252 e. The van der Waals surface area contributed by atoms with E-state index in [1.165, 1.54) is 12.1 Å². The third-order valence-electron chi connectivity index (χ3n) is 3.50. The average Bonchev–Trinajstić information content (AvgIpc) is 2.53. The molecule has 0 spiro atoms. The zero-order valence-electron chi connectivity index (χ0n) is 13.2. The molecule has 0 unspecified atom stereocenters. The maximum atomic E-state index is 12.7. The highest BCUT2D eigenvalue weighted by atomic mass is 35.5. The lowest BCUT2D eigenvalue weighted by molar-refractivity contribution is 0.0949. The number of carbonyl (C=O) groups is 1. The van der Waals surface area contributed by atoms with E-state index in [9.17, 15) is 13.2 Å². The van der Waals surface area contributed by atoms with Gasteiger partial charge in [0.25, 0.3) is 5.91 Å². The van der Waals surface area contributed by atoms with Gasteiger partial charge in [0.15, 0.2) is 5.37 Å². The molecule has 0 aromatic heterocycles. The topological polar surface area (TPSA) is 63.2 Å². The van der Waals surface area contributed by atoms with Crippen LogP contribution in [0.15, 0.2) is 53.4 Å². The molecule has 0 fully saturated rings. The van der Waals surface area contributed by atoms with E-state index in [4.69, 9.17) is 23.2 Å². The van der Waals surface area contributed by atoms with Crippen LogP contribution in [0.4, 0.5) is 0 Å². The second-order valence-electron chi connectivity index (χ2n) is 5.45. The van der Waals surface area contributed by atoms with Crippen LogP contribution in [0.3, 0.4) is 0 Å². The van der Waals surface area contributed by atoms with Crippen LogP contribution < -0.4 is 5.32 Å². The Morgan fingerprint density at radius 3 is 1.83 bits per heavy atom. The highest BCUT2D eigenvalue weighted by Gasteiger charge is 2.34. The van der Waals surface area contributed by atoms with Crippen LogP contribution in [0.5, 0.6) is 0 Å². The standard InChI is InChI=1S/C17H17Cl2NO3S/c1-11-3-7-13(8-4-11)16(21)20-17(15(18)19)24(22,23)14-9-5-12(2)6-10-14/h3-10,15,17H,1-2H3,(H,20,21)/t17-/m1/s1. The molecule has 2 aromatic rings. The van der Waals surface area contributed by atoms with E-state index < -0.39 is 26.0 Å². The molecular weight excluding hydrogens is 369 g/mol. The Balaban J connectivity index is 2.30. The summed E-state index contributed by atoms with van der Waals surface area (Å²) in [5.74, 6) is -0.554. The first-order chi connectivity index (χ1) is 11.2. The van der Waals surface area contributed by atoms with Gasteiger partial charge >= 0.3 is 0 Å². The third kappa shape index (κ3) is 4.29. The van der Waals surface area contributed by atoms with E-state index in [1.54, 1.807) is 36.4 Å². The largest absolute Gasteiger partial charge is 0.333 e. The predicted octanol–water partition coefficient (Wildman–Crippen LogP) is 3.64. The summed E-state index contributed by atoms with van der Waals surface area (Å²) in [4.78, 5) is 11.0. The van der Waals surface area contributed by atoms with E-state index in [0.717, 1.165) is 11.1 Å². The number of alkyl halides is 2. The number of aryl methyl sites for hydroxylation is 2. The molecule has 128 valence electrons. The van der Waals surface area contributed by atoms with Crippen molar-refractivity contribution in [1.29, 1.82) is 0 Å². The highest BCUT2D eigenvalue weighted by Crippen LogP contribution is 2.22. The minimum atomic E-state index is -3.92. The monoisotopic (exact) mass is 385 g/mol. The summed E-state index contributed by atoms with van der Waals surface area (Å²) in [6.07, 6.45) is 0. The molecule has 0 saturated carbocycles. The molecule has 24 heavy (non-hydrogen) atoms. The molecular formula is C17H17Cl2NO3S. The Hall–Kier alpha value is -1.56. The van der Waals surface area contributed by atoms with E-state index >= 15 is 0 Å². The fourth-order valence-corrected chi connectivity index (χ4v) is 4.35. The fraction of sp³-hybridized carbons (Fsp3) is 0.235. The smallest absolute Gasteiger partial charge is 0.252 e. The van der Waals surface area contributed by atoms with E-state index in [0.29, 0.717) is 5.56 Å². The van der Waals surface area contributed by atoms with Crippen molar-refractivity contribution >= 4 is 38.9 Å². The minimum Gasteiger partial charge on any atom is -0.333 e. The van der Waals surface area contributed by atoms with Crippen molar-refractivity contribution in [2.24, 2.45) is 0 Å². The summed E-state index contributed by atoms with van der Waals surface area (Å²) in [5, 5.41) is 0.968. The lowest BCUT2D eigenvalue weighted by Crippen LogP contribution is -2.45. The number of carbonyl (C=O) groups excluding carboxylic acids is 1. The van der Waals surface area contributed by atoms with E-state index in [1.807, 2.05) is 13.8 Å². The normalized spacial score (nSPS) is 12.9. The van der Waals surface area contributed by atoms with Crippen LogP contribution in [-0.4, -0.2) is 24.5 Å². The quantitative estimate of drug-likeness (QED) is 0.799. The first-order valence-electron chi connectivity index (χ1n) is 7.18. The average molecular weight is 386 g/mol. The summed E-state index contributed by atoms with van der Waals surface area (Å²) in [7, 11) is -3.92. The Bertz CT molecular complexity index is 816. The summed E-state index contributed by atoms with van der Waals surface area (Å²) >= 11 is 11.7. The zero-order valence-corrected chi connectivity index (χ0v) is 15.5. The van der Waals surface area contributed by atoms with Crippen molar-refractivity contribution in [3.05, 3.63) is 65.2 Å². The Morgan fingerprint density at radius 2 is 1.38 bits per heavy atom.